The minimum atomic E-state index is -0.996. The second-order valence-electron chi connectivity index (χ2n) is 7.13. The Morgan fingerprint density at radius 3 is 2.30 bits per heavy atom. The largest absolute Gasteiger partial charge is 0.595 e. The highest BCUT2D eigenvalue weighted by molar-refractivity contribution is 8.93. The van der Waals surface area contributed by atoms with Crippen molar-refractivity contribution in [1.82, 2.24) is 4.57 Å². The van der Waals surface area contributed by atoms with Gasteiger partial charge in [-0.1, -0.05) is 30.3 Å². The standard InChI is InChI=1S/C24H23N3O4S.BrH/c1-31-21-13-9-17(10-14-21)22-16-32-24(25-19-5-3-2-4-6-19)26(22)15-23(28)18-7-11-20(12-8-18)27(29)30;/h2-14,16,23,27-29H,15H2,1H3;1H. The number of methoxy groups -OCH3 is 1. The molecule has 0 spiro atoms. The number of aliphatic hydroxyl groups is 1. The van der Waals surface area contributed by atoms with Crippen LogP contribution in [-0.2, 0) is 6.54 Å². The molecule has 1 heterocycles. The van der Waals surface area contributed by atoms with E-state index in [0.717, 1.165) is 27.5 Å². The molecule has 3 N–H and O–H groups in total. The van der Waals surface area contributed by atoms with E-state index in [1.54, 1.807) is 19.2 Å². The van der Waals surface area contributed by atoms with Crippen molar-refractivity contribution in [3.63, 3.8) is 0 Å². The maximum Gasteiger partial charge on any atom is 0.190 e. The fourth-order valence-electron chi connectivity index (χ4n) is 3.33. The van der Waals surface area contributed by atoms with Gasteiger partial charge in [0, 0.05) is 17.5 Å². The molecule has 0 bridgehead atoms. The van der Waals surface area contributed by atoms with Gasteiger partial charge in [-0.15, -0.1) is 28.3 Å². The first-order chi connectivity index (χ1) is 15.5. The third-order valence-electron chi connectivity index (χ3n) is 5.06. The molecule has 9 heteroatoms. The molecule has 4 rings (SSSR count). The number of rotatable bonds is 7. The molecule has 0 aliphatic rings. The van der Waals surface area contributed by atoms with Gasteiger partial charge in [0.05, 0.1) is 31.1 Å². The molecule has 0 aliphatic carbocycles. The minimum absolute atomic E-state index is 0. The van der Waals surface area contributed by atoms with Gasteiger partial charge in [-0.25, -0.2) is 10.2 Å². The molecule has 33 heavy (non-hydrogen) atoms. The molecular weight excluding hydrogens is 506 g/mol. The van der Waals surface area contributed by atoms with E-state index in [9.17, 15) is 10.3 Å². The summed E-state index contributed by atoms with van der Waals surface area (Å²) in [6.07, 6.45) is -0.834. The van der Waals surface area contributed by atoms with Crippen molar-refractivity contribution in [2.75, 3.05) is 7.11 Å². The number of halogens is 1. The highest BCUT2D eigenvalue weighted by Gasteiger charge is 2.15. The third-order valence-corrected chi connectivity index (χ3v) is 5.93. The van der Waals surface area contributed by atoms with Crippen molar-refractivity contribution < 1.29 is 20.3 Å². The fourth-order valence-corrected chi connectivity index (χ4v) is 4.27. The number of thiazole rings is 1. The lowest BCUT2D eigenvalue weighted by Crippen LogP contribution is -2.99. The molecule has 1 aromatic heterocycles. The molecule has 0 saturated heterocycles. The van der Waals surface area contributed by atoms with Crippen LogP contribution in [0.3, 0.4) is 0 Å². The quantitative estimate of drug-likeness (QED) is 0.313. The lowest BCUT2D eigenvalue weighted by Gasteiger charge is -2.16. The van der Waals surface area contributed by atoms with Crippen LogP contribution in [0.2, 0.25) is 0 Å². The van der Waals surface area contributed by atoms with Gasteiger partial charge >= 0.3 is 0 Å². The maximum absolute atomic E-state index is 11.1. The van der Waals surface area contributed by atoms with Crippen molar-refractivity contribution in [2.45, 2.75) is 12.6 Å². The Bertz CT molecular complexity index is 1220. The summed E-state index contributed by atoms with van der Waals surface area (Å²) in [7, 11) is 1.63. The Morgan fingerprint density at radius 1 is 1.03 bits per heavy atom. The van der Waals surface area contributed by atoms with E-state index in [-0.39, 0.29) is 29.2 Å². The van der Waals surface area contributed by atoms with Gasteiger partial charge in [0.2, 0.25) is 0 Å². The molecule has 7 nitrogen and oxygen atoms in total. The Morgan fingerprint density at radius 2 is 1.70 bits per heavy atom. The van der Waals surface area contributed by atoms with E-state index >= 15 is 0 Å². The molecule has 0 radical (unpaired) electrons. The molecule has 0 aliphatic heterocycles. The van der Waals surface area contributed by atoms with Crippen LogP contribution in [0.1, 0.15) is 11.7 Å². The minimum Gasteiger partial charge on any atom is -0.595 e. The average Bonchev–Trinajstić information content (AvgIpc) is 3.21. The smallest absolute Gasteiger partial charge is 0.190 e. The van der Waals surface area contributed by atoms with E-state index in [2.05, 4.69) is 0 Å². The Labute approximate surface area is 205 Å². The average molecular weight is 530 g/mol. The Hall–Kier alpha value is -2.79. The SMILES string of the molecule is Br.COc1ccc(-c2csc(=Nc3ccccc3)n2CC(O)c2ccc([NH+]([O-])O)cc2)cc1. The van der Waals surface area contributed by atoms with Crippen molar-refractivity contribution in [3.8, 4) is 17.0 Å². The van der Waals surface area contributed by atoms with Crippen molar-refractivity contribution in [3.05, 3.63) is 99.8 Å². The zero-order chi connectivity index (χ0) is 22.5. The number of quaternary nitrogens is 1. The summed E-state index contributed by atoms with van der Waals surface area (Å²) < 4.78 is 7.25. The van der Waals surface area contributed by atoms with Crippen LogP contribution < -0.4 is 14.8 Å². The number of hydrogen-bond acceptors (Lipinski definition) is 6. The van der Waals surface area contributed by atoms with E-state index in [1.165, 1.54) is 23.5 Å². The molecular formula is C24H24BrN3O4S. The number of aromatic nitrogens is 1. The normalized spacial score (nSPS) is 13.3. The van der Waals surface area contributed by atoms with Gasteiger partial charge in [0.15, 0.2) is 10.5 Å². The van der Waals surface area contributed by atoms with Crippen molar-refractivity contribution in [2.24, 2.45) is 4.99 Å². The second kappa shape index (κ2) is 11.4. The van der Waals surface area contributed by atoms with Gasteiger partial charge in [-0.05, 0) is 47.5 Å². The first-order valence-electron chi connectivity index (χ1n) is 9.99. The molecule has 4 aromatic rings. The Kier molecular flexibility index (Phi) is 8.56. The van der Waals surface area contributed by atoms with Crippen LogP contribution in [0.5, 0.6) is 5.75 Å². The lowest BCUT2D eigenvalue weighted by molar-refractivity contribution is -0.991. The zero-order valence-electron chi connectivity index (χ0n) is 17.8. The summed E-state index contributed by atoms with van der Waals surface area (Å²) in [4.78, 5) is 5.53. The molecule has 0 saturated carbocycles. The van der Waals surface area contributed by atoms with Crippen LogP contribution in [-0.4, -0.2) is 22.0 Å². The third kappa shape index (κ3) is 5.97. The van der Waals surface area contributed by atoms with Crippen LogP contribution in [0.25, 0.3) is 11.3 Å². The monoisotopic (exact) mass is 529 g/mol. The van der Waals surface area contributed by atoms with E-state index in [4.69, 9.17) is 14.9 Å². The number of nitrogens with one attached hydrogen (secondary N) is 1. The summed E-state index contributed by atoms with van der Waals surface area (Å²) >= 11 is 1.50. The highest BCUT2D eigenvalue weighted by atomic mass is 79.9. The topological polar surface area (TPSA) is 94.5 Å². The summed E-state index contributed by atoms with van der Waals surface area (Å²) in [6, 6.07) is 23.7. The lowest BCUT2D eigenvalue weighted by atomic mass is 10.1. The first-order valence-corrected chi connectivity index (χ1v) is 10.9. The number of hydrogen-bond donors (Lipinski definition) is 3. The van der Waals surface area contributed by atoms with Gasteiger partial charge in [0.25, 0.3) is 0 Å². The highest BCUT2D eigenvalue weighted by Crippen LogP contribution is 2.26. The van der Waals surface area contributed by atoms with E-state index in [1.807, 2.05) is 64.5 Å². The number of benzene rings is 3. The summed E-state index contributed by atoms with van der Waals surface area (Å²) in [5.41, 5.74) is 3.55. The predicted octanol–water partition coefficient (Wildman–Crippen LogP) is 4.17. The second-order valence-corrected chi connectivity index (χ2v) is 7.97. The summed E-state index contributed by atoms with van der Waals surface area (Å²) in [5.74, 6) is 0.767. The summed E-state index contributed by atoms with van der Waals surface area (Å²) in [6.45, 7) is 0.267. The predicted molar refractivity (Wildman–Crippen MR) is 133 cm³/mol. The Balaban J connectivity index is 0.00000306. The number of nitrogens with zero attached hydrogens (tertiary/aromatic N) is 2. The van der Waals surface area contributed by atoms with Gasteiger partial charge in [-0.2, -0.15) is 5.23 Å². The first kappa shape index (κ1) is 24.8. The molecule has 0 fully saturated rings. The van der Waals surface area contributed by atoms with E-state index < -0.39 is 11.3 Å². The van der Waals surface area contributed by atoms with Crippen LogP contribution >= 0.6 is 28.3 Å². The number of aliphatic hydroxyl groups excluding tert-OH is 1. The maximum atomic E-state index is 11.1. The number of ether oxygens (including phenoxy) is 1. The van der Waals surface area contributed by atoms with Crippen LogP contribution in [0, 0.1) is 5.21 Å². The molecule has 172 valence electrons. The van der Waals surface area contributed by atoms with Crippen LogP contribution in [0.15, 0.2) is 89.2 Å². The van der Waals surface area contributed by atoms with Gasteiger partial charge < -0.3 is 19.6 Å². The number of para-hydroxylation sites is 1. The van der Waals surface area contributed by atoms with Crippen LogP contribution in [0.4, 0.5) is 11.4 Å². The molecule has 3 aromatic carbocycles. The van der Waals surface area contributed by atoms with Crippen molar-refractivity contribution >= 4 is 39.7 Å². The zero-order valence-corrected chi connectivity index (χ0v) is 20.3. The van der Waals surface area contributed by atoms with E-state index in [0.29, 0.717) is 5.56 Å². The van der Waals surface area contributed by atoms with Gasteiger partial charge in [0.1, 0.15) is 5.75 Å². The fraction of sp³-hybridized carbons (Fsp3) is 0.125. The summed E-state index contributed by atoms with van der Waals surface area (Å²) in [5, 5.41) is 32.2. The molecule has 2 atom stereocenters. The van der Waals surface area contributed by atoms with Crippen molar-refractivity contribution in [1.29, 1.82) is 0 Å². The van der Waals surface area contributed by atoms with Gasteiger partial charge in [-0.3, -0.25) is 0 Å². The molecule has 2 unspecified atom stereocenters. The molecule has 0 amide bonds.